The van der Waals surface area contributed by atoms with E-state index in [1.807, 2.05) is 42.5 Å². The number of aromatic nitrogens is 4. The zero-order valence-electron chi connectivity index (χ0n) is 15.7. The molecule has 0 aliphatic heterocycles. The van der Waals surface area contributed by atoms with Gasteiger partial charge in [-0.3, -0.25) is 9.78 Å². The van der Waals surface area contributed by atoms with Crippen molar-refractivity contribution in [3.63, 3.8) is 0 Å². The molecule has 8 nitrogen and oxygen atoms in total. The number of pyridine rings is 1. The van der Waals surface area contributed by atoms with Crippen molar-refractivity contribution in [2.45, 2.75) is 13.5 Å². The number of benzene rings is 1. The number of amides is 1. The third-order valence-electron chi connectivity index (χ3n) is 4.06. The lowest BCUT2D eigenvalue weighted by atomic mass is 10.2. The molecular weight excluding hydrogens is 368 g/mol. The molecule has 1 aromatic carbocycles. The maximum Gasteiger partial charge on any atom is 0.275 e. The number of hydrogen-bond donors (Lipinski definition) is 2. The molecule has 0 fully saturated rings. The summed E-state index contributed by atoms with van der Waals surface area (Å²) in [6, 6.07) is 16.5. The van der Waals surface area contributed by atoms with Gasteiger partial charge in [0, 0.05) is 36.6 Å². The number of carbonyl (C=O) groups is 1. The first kappa shape index (κ1) is 18.3. The van der Waals surface area contributed by atoms with Crippen molar-refractivity contribution < 1.29 is 9.32 Å². The predicted molar refractivity (Wildman–Crippen MR) is 108 cm³/mol. The molecule has 144 valence electrons. The molecule has 3 heterocycles. The van der Waals surface area contributed by atoms with Gasteiger partial charge in [0.2, 0.25) is 0 Å². The minimum absolute atomic E-state index is 0.216. The molecule has 0 aliphatic rings. The highest BCUT2D eigenvalue weighted by Crippen LogP contribution is 2.19. The summed E-state index contributed by atoms with van der Waals surface area (Å²) < 4.78 is 4.99. The second kappa shape index (κ2) is 8.30. The van der Waals surface area contributed by atoms with Gasteiger partial charge in [-0.15, -0.1) is 0 Å². The van der Waals surface area contributed by atoms with Crippen LogP contribution in [0, 0.1) is 6.92 Å². The van der Waals surface area contributed by atoms with Gasteiger partial charge in [0.05, 0.1) is 0 Å². The third-order valence-corrected chi connectivity index (χ3v) is 4.06. The lowest BCUT2D eigenvalue weighted by Crippen LogP contribution is -2.16. The minimum Gasteiger partial charge on any atom is -0.366 e. The van der Waals surface area contributed by atoms with Crippen LogP contribution in [0.25, 0.3) is 11.4 Å². The second-order valence-corrected chi connectivity index (χ2v) is 6.32. The lowest BCUT2D eigenvalue weighted by molar-refractivity contribution is 0.102. The van der Waals surface area contributed by atoms with Gasteiger partial charge in [-0.1, -0.05) is 41.6 Å². The van der Waals surface area contributed by atoms with Crippen molar-refractivity contribution in [1.82, 2.24) is 20.1 Å². The summed E-state index contributed by atoms with van der Waals surface area (Å²) in [5.74, 6) is 1.51. The molecule has 0 saturated heterocycles. The molecule has 0 spiro atoms. The molecule has 0 aliphatic carbocycles. The van der Waals surface area contributed by atoms with E-state index >= 15 is 0 Å². The van der Waals surface area contributed by atoms with Crippen LogP contribution in [0.4, 0.5) is 11.6 Å². The number of anilines is 2. The van der Waals surface area contributed by atoms with Crippen molar-refractivity contribution in [1.29, 1.82) is 0 Å². The molecular formula is C21H18N6O2. The van der Waals surface area contributed by atoms with Crippen LogP contribution in [0.2, 0.25) is 0 Å². The molecule has 0 radical (unpaired) electrons. The average Bonchev–Trinajstić information content (AvgIpc) is 3.18. The largest absolute Gasteiger partial charge is 0.366 e. The Morgan fingerprint density at radius 3 is 2.62 bits per heavy atom. The smallest absolute Gasteiger partial charge is 0.275 e. The van der Waals surface area contributed by atoms with Crippen LogP contribution >= 0.6 is 0 Å². The van der Waals surface area contributed by atoms with Crippen molar-refractivity contribution in [2.24, 2.45) is 0 Å². The summed E-state index contributed by atoms with van der Waals surface area (Å²) in [4.78, 5) is 25.8. The van der Waals surface area contributed by atoms with E-state index in [0.29, 0.717) is 29.8 Å². The van der Waals surface area contributed by atoms with Crippen molar-refractivity contribution in [3.8, 4) is 11.4 Å². The van der Waals surface area contributed by atoms with Gasteiger partial charge >= 0.3 is 0 Å². The first-order valence-electron chi connectivity index (χ1n) is 8.99. The molecule has 0 saturated carbocycles. The van der Waals surface area contributed by atoms with E-state index < -0.39 is 5.91 Å². The van der Waals surface area contributed by atoms with Gasteiger partial charge in [-0.05, 0) is 18.6 Å². The number of aryl methyl sites for hydroxylation is 1. The zero-order valence-corrected chi connectivity index (χ0v) is 15.7. The Balaban J connectivity index is 1.63. The van der Waals surface area contributed by atoms with Crippen LogP contribution in [0.15, 0.2) is 71.5 Å². The maximum absolute atomic E-state index is 12.7. The van der Waals surface area contributed by atoms with E-state index in [4.69, 9.17) is 4.52 Å². The SMILES string of the molecule is Cc1cc(NC(=O)c2cc(NCc3cccnc3)nc(-c3ccccc3)n2)no1. The molecule has 1 amide bonds. The Morgan fingerprint density at radius 1 is 1.03 bits per heavy atom. The van der Waals surface area contributed by atoms with Crippen LogP contribution in [-0.2, 0) is 6.54 Å². The van der Waals surface area contributed by atoms with Gasteiger partial charge in [0.25, 0.3) is 5.91 Å². The second-order valence-electron chi connectivity index (χ2n) is 6.32. The van der Waals surface area contributed by atoms with Crippen molar-refractivity contribution in [3.05, 3.63) is 84.0 Å². The number of carbonyl (C=O) groups excluding carboxylic acids is 1. The number of nitrogens with one attached hydrogen (secondary N) is 2. The Morgan fingerprint density at radius 2 is 1.90 bits per heavy atom. The van der Waals surface area contributed by atoms with Gasteiger partial charge in [0.15, 0.2) is 11.6 Å². The quantitative estimate of drug-likeness (QED) is 0.520. The van der Waals surface area contributed by atoms with Crippen molar-refractivity contribution in [2.75, 3.05) is 10.6 Å². The standard InChI is InChI=1S/C21H18N6O2/c1-14-10-19(27-29-14)26-21(28)17-11-18(23-13-15-6-5-9-22-12-15)25-20(24-17)16-7-3-2-4-8-16/h2-12H,13H2,1H3,(H,23,24,25)(H,26,27,28). The Hall–Kier alpha value is -4.07. The van der Waals surface area contributed by atoms with Gasteiger partial charge in [-0.2, -0.15) is 0 Å². The van der Waals surface area contributed by atoms with Crippen LogP contribution in [0.5, 0.6) is 0 Å². The third kappa shape index (κ3) is 4.62. The van der Waals surface area contributed by atoms with Crippen LogP contribution < -0.4 is 10.6 Å². The summed E-state index contributed by atoms with van der Waals surface area (Å²) >= 11 is 0. The summed E-state index contributed by atoms with van der Waals surface area (Å²) in [6.07, 6.45) is 3.49. The highest BCUT2D eigenvalue weighted by atomic mass is 16.5. The fourth-order valence-corrected chi connectivity index (χ4v) is 2.67. The normalized spacial score (nSPS) is 10.5. The first-order valence-corrected chi connectivity index (χ1v) is 8.99. The Kier molecular flexibility index (Phi) is 5.24. The summed E-state index contributed by atoms with van der Waals surface area (Å²) in [5, 5.41) is 9.70. The fourth-order valence-electron chi connectivity index (χ4n) is 2.67. The molecule has 4 aromatic rings. The van der Waals surface area contributed by atoms with Crippen LogP contribution in [0.3, 0.4) is 0 Å². The average molecular weight is 386 g/mol. The molecule has 4 rings (SSSR count). The Bertz CT molecular complexity index is 1110. The fraction of sp³-hybridized carbons (Fsp3) is 0.0952. The topological polar surface area (TPSA) is 106 Å². The number of hydrogen-bond acceptors (Lipinski definition) is 7. The number of rotatable bonds is 6. The molecule has 3 aromatic heterocycles. The molecule has 8 heteroatoms. The lowest BCUT2D eigenvalue weighted by Gasteiger charge is -2.10. The molecule has 2 N–H and O–H groups in total. The monoisotopic (exact) mass is 386 g/mol. The van der Waals surface area contributed by atoms with E-state index in [2.05, 4.69) is 30.7 Å². The summed E-state index contributed by atoms with van der Waals surface area (Å²) in [6.45, 7) is 2.27. The molecule has 29 heavy (non-hydrogen) atoms. The van der Waals surface area contributed by atoms with E-state index in [0.717, 1.165) is 11.1 Å². The van der Waals surface area contributed by atoms with Gasteiger partial charge in [-0.25, -0.2) is 9.97 Å². The zero-order chi connectivity index (χ0) is 20.1. The van der Waals surface area contributed by atoms with E-state index in [-0.39, 0.29) is 5.69 Å². The van der Waals surface area contributed by atoms with Crippen molar-refractivity contribution >= 4 is 17.5 Å². The molecule has 0 bridgehead atoms. The van der Waals surface area contributed by atoms with Gasteiger partial charge < -0.3 is 15.2 Å². The highest BCUT2D eigenvalue weighted by molar-refractivity contribution is 6.03. The van der Waals surface area contributed by atoms with E-state index in [1.165, 1.54) is 0 Å². The predicted octanol–water partition coefficient (Wildman–Crippen LogP) is 3.70. The summed E-state index contributed by atoms with van der Waals surface area (Å²) in [5.41, 5.74) is 2.02. The van der Waals surface area contributed by atoms with Crippen LogP contribution in [-0.4, -0.2) is 26.0 Å². The highest BCUT2D eigenvalue weighted by Gasteiger charge is 2.15. The maximum atomic E-state index is 12.7. The Labute approximate surface area is 167 Å². The molecule has 0 atom stereocenters. The summed E-state index contributed by atoms with van der Waals surface area (Å²) in [7, 11) is 0. The first-order chi connectivity index (χ1) is 14.2. The van der Waals surface area contributed by atoms with E-state index in [9.17, 15) is 4.79 Å². The number of nitrogens with zero attached hydrogens (tertiary/aromatic N) is 4. The van der Waals surface area contributed by atoms with Gasteiger partial charge in [0.1, 0.15) is 17.3 Å². The molecule has 0 unspecified atom stereocenters. The van der Waals surface area contributed by atoms with E-state index in [1.54, 1.807) is 31.5 Å². The minimum atomic E-state index is -0.401. The van der Waals surface area contributed by atoms with Crippen LogP contribution in [0.1, 0.15) is 21.8 Å².